The fourth-order valence-electron chi connectivity index (χ4n) is 7.20. The number of likely N-dealkylation sites (N-methyl/N-ethyl adjacent to an activating group) is 1. The van der Waals surface area contributed by atoms with Crippen molar-refractivity contribution in [3.8, 4) is 11.1 Å². The number of nitrogens with one attached hydrogen (secondary N) is 1. The van der Waals surface area contributed by atoms with Crippen molar-refractivity contribution in [2.75, 3.05) is 38.5 Å². The van der Waals surface area contributed by atoms with Crippen LogP contribution < -0.4 is 5.32 Å². The number of piperazine rings is 1. The van der Waals surface area contributed by atoms with Crippen molar-refractivity contribution < 1.29 is 4.39 Å². The van der Waals surface area contributed by atoms with Crippen molar-refractivity contribution in [3.05, 3.63) is 76.8 Å². The van der Waals surface area contributed by atoms with Gasteiger partial charge in [-0.25, -0.2) is 13.9 Å². The number of benzene rings is 2. The Balaban J connectivity index is 1.18. The van der Waals surface area contributed by atoms with Gasteiger partial charge >= 0.3 is 0 Å². The Morgan fingerprint density at radius 3 is 2.33 bits per heavy atom. The van der Waals surface area contributed by atoms with Gasteiger partial charge in [0.05, 0.1) is 11.7 Å². The summed E-state index contributed by atoms with van der Waals surface area (Å²) in [7, 11) is 2.20. The van der Waals surface area contributed by atoms with Crippen LogP contribution in [-0.2, 0) is 6.54 Å². The fraction of sp³-hybridized carbons (Fsp3) is 0.471. The quantitative estimate of drug-likeness (QED) is 0.240. The van der Waals surface area contributed by atoms with Crippen LogP contribution in [0.2, 0.25) is 5.02 Å². The number of anilines is 2. The van der Waals surface area contributed by atoms with Gasteiger partial charge in [0.2, 0.25) is 5.95 Å². The Bertz CT molecular complexity index is 1510. The summed E-state index contributed by atoms with van der Waals surface area (Å²) in [5, 5.41) is 8.45. The van der Waals surface area contributed by atoms with Gasteiger partial charge in [0.15, 0.2) is 0 Å². The second-order valence-electron chi connectivity index (χ2n) is 12.7. The summed E-state index contributed by atoms with van der Waals surface area (Å²) in [5.41, 5.74) is 6.47. The molecule has 0 unspecified atom stereocenters. The van der Waals surface area contributed by atoms with Crippen molar-refractivity contribution in [2.45, 2.75) is 57.4 Å². The van der Waals surface area contributed by atoms with Crippen LogP contribution in [0.15, 0.2) is 54.7 Å². The smallest absolute Gasteiger partial charge is 0.245 e. The third-order valence-corrected chi connectivity index (χ3v) is 10.2. The largest absolute Gasteiger partial charge is 0.323 e. The minimum atomic E-state index is -0.394. The molecule has 3 heterocycles. The van der Waals surface area contributed by atoms with Gasteiger partial charge in [0, 0.05) is 60.6 Å². The maximum Gasteiger partial charge on any atom is 0.245 e. The lowest BCUT2D eigenvalue weighted by atomic mass is 9.68. The maximum absolute atomic E-state index is 14.0. The van der Waals surface area contributed by atoms with E-state index < -0.39 is 5.82 Å². The van der Waals surface area contributed by atoms with E-state index >= 15 is 0 Å². The second-order valence-corrected chi connectivity index (χ2v) is 13.2. The van der Waals surface area contributed by atoms with Gasteiger partial charge in [-0.3, -0.25) is 4.90 Å². The predicted molar refractivity (Wildman–Crippen MR) is 168 cm³/mol. The molecule has 0 bridgehead atoms. The van der Waals surface area contributed by atoms with Crippen molar-refractivity contribution in [2.24, 2.45) is 11.8 Å². The molecule has 0 spiro atoms. The zero-order valence-corrected chi connectivity index (χ0v) is 25.2. The summed E-state index contributed by atoms with van der Waals surface area (Å²) < 4.78 is 16.1. The van der Waals surface area contributed by atoms with Crippen LogP contribution in [0.1, 0.15) is 62.1 Å². The highest BCUT2D eigenvalue weighted by Gasteiger charge is 2.33. The Morgan fingerprint density at radius 1 is 0.905 bits per heavy atom. The van der Waals surface area contributed by atoms with E-state index in [0.717, 1.165) is 55.6 Å². The van der Waals surface area contributed by atoms with E-state index in [1.165, 1.54) is 73.9 Å². The molecule has 42 heavy (non-hydrogen) atoms. The number of nitrogens with zero attached hydrogens (tertiary/aromatic N) is 5. The zero-order chi connectivity index (χ0) is 28.6. The number of fused-ring (bicyclic) bond motifs is 1. The average Bonchev–Trinajstić information content (AvgIpc) is 3.32. The molecule has 220 valence electrons. The van der Waals surface area contributed by atoms with Crippen LogP contribution in [-0.4, -0.2) is 57.6 Å². The minimum absolute atomic E-state index is 0.335. The van der Waals surface area contributed by atoms with Gasteiger partial charge < -0.3 is 10.2 Å². The van der Waals surface area contributed by atoms with Gasteiger partial charge in [-0.05, 0) is 80.0 Å². The molecule has 1 saturated heterocycles. The van der Waals surface area contributed by atoms with Gasteiger partial charge in [0.1, 0.15) is 5.82 Å². The lowest BCUT2D eigenvalue weighted by Crippen LogP contribution is -2.43. The number of hydrogen-bond acceptors (Lipinski definition) is 5. The summed E-state index contributed by atoms with van der Waals surface area (Å²) in [6, 6.07) is 15.8. The van der Waals surface area contributed by atoms with E-state index in [1.54, 1.807) is 6.07 Å². The Kier molecular flexibility index (Phi) is 7.91. The first-order valence-electron chi connectivity index (χ1n) is 15.6. The minimum Gasteiger partial charge on any atom is -0.323 e. The lowest BCUT2D eigenvalue weighted by Gasteiger charge is -2.38. The zero-order valence-electron chi connectivity index (χ0n) is 24.4. The molecule has 1 N–H and O–H groups in total. The van der Waals surface area contributed by atoms with E-state index in [0.29, 0.717) is 22.6 Å². The topological polar surface area (TPSA) is 48.7 Å². The van der Waals surface area contributed by atoms with Crippen LogP contribution in [0, 0.1) is 17.7 Å². The van der Waals surface area contributed by atoms with Crippen LogP contribution >= 0.6 is 11.6 Å². The molecule has 0 amide bonds. The molecule has 2 aromatic heterocycles. The lowest BCUT2D eigenvalue weighted by molar-refractivity contribution is 0.148. The normalized spacial score (nSPS) is 22.4. The molecule has 2 aromatic carbocycles. The van der Waals surface area contributed by atoms with Crippen LogP contribution in [0.4, 0.5) is 16.0 Å². The average molecular weight is 587 g/mol. The summed E-state index contributed by atoms with van der Waals surface area (Å²) in [4.78, 5) is 9.57. The van der Waals surface area contributed by atoms with Crippen molar-refractivity contribution in [3.63, 3.8) is 0 Å². The highest BCUT2D eigenvalue weighted by molar-refractivity contribution is 6.30. The fourth-order valence-corrected chi connectivity index (χ4v) is 7.42. The van der Waals surface area contributed by atoms with Gasteiger partial charge in [-0.15, -0.1) is 5.10 Å². The summed E-state index contributed by atoms with van der Waals surface area (Å²) >= 11 is 6.10. The van der Waals surface area contributed by atoms with Crippen molar-refractivity contribution in [1.29, 1.82) is 0 Å². The first-order valence-corrected chi connectivity index (χ1v) is 16.0. The monoisotopic (exact) mass is 586 g/mol. The Labute approximate surface area is 252 Å². The van der Waals surface area contributed by atoms with E-state index in [2.05, 4.69) is 62.0 Å². The molecule has 8 heteroatoms. The molecule has 4 aromatic rings. The first kappa shape index (κ1) is 27.8. The van der Waals surface area contributed by atoms with Crippen LogP contribution in [0.5, 0.6) is 0 Å². The third-order valence-electron chi connectivity index (χ3n) is 9.94. The van der Waals surface area contributed by atoms with E-state index in [-0.39, 0.29) is 0 Å². The molecule has 0 atom stereocenters. The van der Waals surface area contributed by atoms with Crippen LogP contribution in [0.3, 0.4) is 0 Å². The summed E-state index contributed by atoms with van der Waals surface area (Å²) in [5.74, 6) is 2.34. The standard InChI is InChI=1S/C34H40ClFN6/c1-40-13-15-41(16-14-40)22-23-5-7-26(8-6-23)31-20-32(27-11-9-25(10-12-27)24-3-2-4-24)42-33(31)21-37-34(39-42)38-30-18-28(35)17-29(36)19-30/h5-8,17-21,24-25,27H,2-4,9-16,22H2,1H3,(H,38,39). The predicted octanol–water partition coefficient (Wildman–Crippen LogP) is 7.75. The van der Waals surface area contributed by atoms with Crippen molar-refractivity contribution in [1.82, 2.24) is 24.4 Å². The number of aromatic nitrogens is 3. The van der Waals surface area contributed by atoms with Crippen molar-refractivity contribution >= 4 is 28.8 Å². The molecular formula is C34H40ClFN6. The highest BCUT2D eigenvalue weighted by atomic mass is 35.5. The molecule has 0 radical (unpaired) electrons. The molecule has 1 aliphatic heterocycles. The number of halogens is 2. The Morgan fingerprint density at radius 2 is 1.64 bits per heavy atom. The maximum atomic E-state index is 14.0. The molecule has 7 rings (SSSR count). The van der Waals surface area contributed by atoms with Gasteiger partial charge in [-0.2, -0.15) is 0 Å². The molecular weight excluding hydrogens is 547 g/mol. The van der Waals surface area contributed by atoms with E-state index in [4.69, 9.17) is 16.7 Å². The van der Waals surface area contributed by atoms with Gasteiger partial charge in [-0.1, -0.05) is 55.1 Å². The molecule has 2 aliphatic carbocycles. The summed E-state index contributed by atoms with van der Waals surface area (Å²) in [6.07, 6.45) is 11.1. The summed E-state index contributed by atoms with van der Waals surface area (Å²) in [6.45, 7) is 5.48. The van der Waals surface area contributed by atoms with Gasteiger partial charge in [0.25, 0.3) is 0 Å². The molecule has 2 saturated carbocycles. The number of hydrogen-bond donors (Lipinski definition) is 1. The second kappa shape index (κ2) is 11.9. The van der Waals surface area contributed by atoms with E-state index in [1.807, 2.05) is 6.20 Å². The first-order chi connectivity index (χ1) is 20.5. The molecule has 3 aliphatic rings. The highest BCUT2D eigenvalue weighted by Crippen LogP contribution is 2.46. The SMILES string of the molecule is CN1CCN(Cc2ccc(-c3cc(C4CCC(C5CCC5)CC4)n4nc(Nc5cc(F)cc(Cl)c5)ncc34)cc2)CC1. The van der Waals surface area contributed by atoms with E-state index in [9.17, 15) is 4.39 Å². The molecule has 3 fully saturated rings. The van der Waals surface area contributed by atoms with Crippen LogP contribution in [0.25, 0.3) is 16.6 Å². The molecule has 6 nitrogen and oxygen atoms in total. The third kappa shape index (κ3) is 5.92. The Hall–Kier alpha value is -3.00. The number of rotatable bonds is 7.